The second-order valence-corrected chi connectivity index (χ2v) is 7.43. The molecule has 0 atom stereocenters. The van der Waals surface area contributed by atoms with Crippen molar-refractivity contribution in [2.45, 2.75) is 11.8 Å². The van der Waals surface area contributed by atoms with E-state index in [4.69, 9.17) is 0 Å². The van der Waals surface area contributed by atoms with E-state index in [9.17, 15) is 9.59 Å². The van der Waals surface area contributed by atoms with Gasteiger partial charge in [0.1, 0.15) is 5.56 Å². The average molecular weight is 367 g/mol. The molecule has 1 N–H and O–H groups in total. The highest BCUT2D eigenvalue weighted by molar-refractivity contribution is 7.97. The van der Waals surface area contributed by atoms with Gasteiger partial charge in [0.25, 0.3) is 11.5 Å². The highest BCUT2D eigenvalue weighted by Gasteiger charge is 2.19. The number of nitrogens with zero attached hydrogens (tertiary/aromatic N) is 2. The molecule has 0 aliphatic rings. The van der Waals surface area contributed by atoms with E-state index in [1.807, 2.05) is 73.9 Å². The van der Waals surface area contributed by atoms with Crippen molar-refractivity contribution in [2.24, 2.45) is 0 Å². The summed E-state index contributed by atoms with van der Waals surface area (Å²) in [5.74, 6) is -0.299. The number of anilines is 1. The van der Waals surface area contributed by atoms with Crippen molar-refractivity contribution in [1.29, 1.82) is 0 Å². The van der Waals surface area contributed by atoms with E-state index in [1.165, 1.54) is 0 Å². The fraction of sp³-hybridized carbons (Fsp3) is 0.200. The van der Waals surface area contributed by atoms with Gasteiger partial charge in [-0.05, 0) is 74.8 Å². The Bertz CT molecular complexity index is 980. The van der Waals surface area contributed by atoms with Gasteiger partial charge in [-0.3, -0.25) is 13.9 Å². The maximum atomic E-state index is 13.0. The molecule has 0 spiro atoms. The van der Waals surface area contributed by atoms with Gasteiger partial charge in [-0.25, -0.2) is 0 Å². The SMILES string of the molecule is CCN(C(=O)c1cc2ccccc2[nH]c1=O)c1ccc(SN(C)C)cc1. The Kier molecular flexibility index (Phi) is 5.44. The molecule has 0 fully saturated rings. The zero-order valence-electron chi connectivity index (χ0n) is 15.0. The first-order chi connectivity index (χ1) is 12.5. The zero-order valence-corrected chi connectivity index (χ0v) is 15.8. The Morgan fingerprint density at radius 1 is 1.08 bits per heavy atom. The van der Waals surface area contributed by atoms with Crippen LogP contribution in [0.15, 0.2) is 64.3 Å². The molecule has 0 unspecified atom stereocenters. The van der Waals surface area contributed by atoms with Crippen LogP contribution in [-0.4, -0.2) is 35.8 Å². The van der Waals surface area contributed by atoms with Crippen molar-refractivity contribution in [2.75, 3.05) is 25.5 Å². The largest absolute Gasteiger partial charge is 0.321 e. The number of rotatable bonds is 5. The van der Waals surface area contributed by atoms with Crippen molar-refractivity contribution < 1.29 is 4.79 Å². The molecule has 3 rings (SSSR count). The number of amides is 1. The second kappa shape index (κ2) is 7.76. The number of hydrogen-bond acceptors (Lipinski definition) is 4. The molecule has 5 nitrogen and oxygen atoms in total. The molecule has 0 saturated heterocycles. The smallest absolute Gasteiger partial charge is 0.263 e. The number of aromatic amines is 1. The summed E-state index contributed by atoms with van der Waals surface area (Å²) in [6, 6.07) is 16.9. The first-order valence-corrected chi connectivity index (χ1v) is 9.16. The van der Waals surface area contributed by atoms with Gasteiger partial charge in [0.2, 0.25) is 0 Å². The lowest BCUT2D eigenvalue weighted by Crippen LogP contribution is -2.34. The van der Waals surface area contributed by atoms with Gasteiger partial charge in [0, 0.05) is 22.6 Å². The van der Waals surface area contributed by atoms with Gasteiger partial charge in [0.15, 0.2) is 0 Å². The van der Waals surface area contributed by atoms with Gasteiger partial charge in [-0.2, -0.15) is 0 Å². The fourth-order valence-electron chi connectivity index (χ4n) is 2.79. The van der Waals surface area contributed by atoms with Crippen molar-refractivity contribution >= 4 is 34.4 Å². The van der Waals surface area contributed by atoms with Gasteiger partial charge in [0.05, 0.1) is 0 Å². The Morgan fingerprint density at radius 2 is 1.77 bits per heavy atom. The van der Waals surface area contributed by atoms with Crippen LogP contribution in [0.4, 0.5) is 5.69 Å². The van der Waals surface area contributed by atoms with E-state index in [0.717, 1.165) is 21.5 Å². The molecule has 26 heavy (non-hydrogen) atoms. The van der Waals surface area contributed by atoms with E-state index in [2.05, 4.69) is 4.98 Å². The summed E-state index contributed by atoms with van der Waals surface area (Å²) in [7, 11) is 3.96. The molecule has 0 aliphatic carbocycles. The first kappa shape index (κ1) is 18.2. The first-order valence-electron chi connectivity index (χ1n) is 8.39. The lowest BCUT2D eigenvalue weighted by molar-refractivity contribution is 0.0987. The van der Waals surface area contributed by atoms with E-state index in [1.54, 1.807) is 22.9 Å². The summed E-state index contributed by atoms with van der Waals surface area (Å²) < 4.78 is 2.01. The maximum absolute atomic E-state index is 13.0. The number of fused-ring (bicyclic) bond motifs is 1. The summed E-state index contributed by atoms with van der Waals surface area (Å²) in [5, 5.41) is 0.837. The van der Waals surface area contributed by atoms with Crippen molar-refractivity contribution in [3.05, 3.63) is 70.5 Å². The van der Waals surface area contributed by atoms with Crippen LogP contribution in [0.25, 0.3) is 10.9 Å². The molecular formula is C20H21N3O2S. The molecular weight excluding hydrogens is 346 g/mol. The van der Waals surface area contributed by atoms with E-state index in [-0.39, 0.29) is 17.0 Å². The lowest BCUT2D eigenvalue weighted by atomic mass is 10.1. The second-order valence-electron chi connectivity index (χ2n) is 6.05. The minimum absolute atomic E-state index is 0.150. The van der Waals surface area contributed by atoms with Crippen molar-refractivity contribution in [3.8, 4) is 0 Å². The Morgan fingerprint density at radius 3 is 2.42 bits per heavy atom. The van der Waals surface area contributed by atoms with Crippen LogP contribution in [0.3, 0.4) is 0 Å². The third-order valence-corrected chi connectivity index (χ3v) is 4.83. The lowest BCUT2D eigenvalue weighted by Gasteiger charge is -2.21. The quantitative estimate of drug-likeness (QED) is 0.698. The molecule has 0 aliphatic heterocycles. The standard InChI is InChI=1S/C20H21N3O2S/c1-4-23(15-9-11-16(12-10-15)26-22(2)3)20(25)17-13-14-7-5-6-8-18(14)21-19(17)24/h5-13H,4H2,1-3H3,(H,21,24). The number of carbonyl (C=O) groups excluding carboxylic acids is 1. The Hall–Kier alpha value is -2.57. The summed E-state index contributed by atoms with van der Waals surface area (Å²) in [5.41, 5.74) is 1.28. The van der Waals surface area contributed by atoms with Crippen LogP contribution in [0.1, 0.15) is 17.3 Å². The number of hydrogen-bond donors (Lipinski definition) is 1. The van der Waals surface area contributed by atoms with Gasteiger partial charge < -0.3 is 9.88 Å². The van der Waals surface area contributed by atoms with Gasteiger partial charge in [-0.1, -0.05) is 18.2 Å². The number of carbonyl (C=O) groups is 1. The minimum atomic E-state index is -0.369. The van der Waals surface area contributed by atoms with Crippen LogP contribution >= 0.6 is 11.9 Å². The number of benzene rings is 2. The number of H-pyrrole nitrogens is 1. The molecule has 0 bridgehead atoms. The normalized spacial score (nSPS) is 11.1. The third kappa shape index (κ3) is 3.81. The van der Waals surface area contributed by atoms with E-state index in [0.29, 0.717) is 6.54 Å². The number of nitrogens with one attached hydrogen (secondary N) is 1. The molecule has 1 amide bonds. The zero-order chi connectivity index (χ0) is 18.7. The van der Waals surface area contributed by atoms with E-state index >= 15 is 0 Å². The van der Waals surface area contributed by atoms with E-state index < -0.39 is 0 Å². The van der Waals surface area contributed by atoms with Crippen LogP contribution in [-0.2, 0) is 0 Å². The van der Waals surface area contributed by atoms with Crippen LogP contribution < -0.4 is 10.5 Å². The van der Waals surface area contributed by atoms with Gasteiger partial charge >= 0.3 is 0 Å². The predicted molar refractivity (Wildman–Crippen MR) is 108 cm³/mol. The Labute approximate surface area is 156 Å². The Balaban J connectivity index is 1.94. The fourth-order valence-corrected chi connectivity index (χ4v) is 3.47. The highest BCUT2D eigenvalue weighted by atomic mass is 32.2. The van der Waals surface area contributed by atoms with Crippen LogP contribution in [0.2, 0.25) is 0 Å². The molecule has 0 radical (unpaired) electrons. The summed E-state index contributed by atoms with van der Waals surface area (Å²) >= 11 is 1.61. The molecule has 3 aromatic rings. The van der Waals surface area contributed by atoms with Crippen molar-refractivity contribution in [1.82, 2.24) is 9.29 Å². The summed E-state index contributed by atoms with van der Waals surface area (Å²) in [4.78, 5) is 30.9. The predicted octanol–water partition coefficient (Wildman–Crippen LogP) is 3.76. The number of aromatic nitrogens is 1. The van der Waals surface area contributed by atoms with Crippen LogP contribution in [0.5, 0.6) is 0 Å². The average Bonchev–Trinajstić information content (AvgIpc) is 2.62. The molecule has 2 aromatic carbocycles. The number of pyridine rings is 1. The molecule has 0 saturated carbocycles. The number of para-hydroxylation sites is 1. The monoisotopic (exact) mass is 367 g/mol. The van der Waals surface area contributed by atoms with Crippen LogP contribution in [0, 0.1) is 0 Å². The summed E-state index contributed by atoms with van der Waals surface area (Å²) in [6.45, 7) is 2.38. The highest BCUT2D eigenvalue weighted by Crippen LogP contribution is 2.24. The minimum Gasteiger partial charge on any atom is -0.321 e. The third-order valence-electron chi connectivity index (χ3n) is 3.98. The molecule has 1 heterocycles. The maximum Gasteiger partial charge on any atom is 0.263 e. The summed E-state index contributed by atoms with van der Waals surface area (Å²) in [6.07, 6.45) is 0. The molecule has 6 heteroatoms. The van der Waals surface area contributed by atoms with Crippen molar-refractivity contribution in [3.63, 3.8) is 0 Å². The molecule has 134 valence electrons. The topological polar surface area (TPSA) is 56.4 Å². The molecule has 1 aromatic heterocycles. The van der Waals surface area contributed by atoms with Gasteiger partial charge in [-0.15, -0.1) is 0 Å².